The Kier molecular flexibility index (Phi) is 6.28. The van der Waals surface area contributed by atoms with Gasteiger partial charge in [-0.2, -0.15) is 0 Å². The molecule has 10 nitrogen and oxygen atoms in total. The smallest absolute Gasteiger partial charge is 0.274 e. The van der Waals surface area contributed by atoms with E-state index in [4.69, 9.17) is 15.7 Å². The molecule has 5 aromatic heterocycles. The Balaban J connectivity index is 1.45. The number of aromatic nitrogens is 6. The van der Waals surface area contributed by atoms with Gasteiger partial charge in [0.25, 0.3) is 5.56 Å². The molecule has 1 fully saturated rings. The van der Waals surface area contributed by atoms with Crippen molar-refractivity contribution < 1.29 is 4.21 Å². The third-order valence-corrected chi connectivity index (χ3v) is 10.8. The Morgan fingerprint density at radius 3 is 2.67 bits per heavy atom. The summed E-state index contributed by atoms with van der Waals surface area (Å²) in [6, 6.07) is 14.7. The number of aromatic amines is 2. The third-order valence-electron chi connectivity index (χ3n) is 8.20. The van der Waals surface area contributed by atoms with Gasteiger partial charge in [-0.1, -0.05) is 18.2 Å². The number of pyridine rings is 2. The first kappa shape index (κ1) is 26.8. The summed E-state index contributed by atoms with van der Waals surface area (Å²) < 4.78 is 24.2. The topological polar surface area (TPSA) is 159 Å². The van der Waals surface area contributed by atoms with E-state index in [0.29, 0.717) is 59.9 Å². The molecule has 7 rings (SSSR count). The van der Waals surface area contributed by atoms with Crippen molar-refractivity contribution in [2.45, 2.75) is 36.3 Å². The highest BCUT2D eigenvalue weighted by Crippen LogP contribution is 2.54. The van der Waals surface area contributed by atoms with Gasteiger partial charge in [0.1, 0.15) is 11.2 Å². The summed E-state index contributed by atoms with van der Waals surface area (Å²) in [5, 5.41) is 1.58. The lowest BCUT2D eigenvalue weighted by atomic mass is 10.1. The molecule has 1 aliphatic carbocycles. The SMILES string of the molecule is C=CCCn1cc(-c2cc(C3([S@@](=N)(=O)Cc4cccc(N)c4)CC3)nc(-c3ccnc4[nH]ccc34)n2)c2cc[nH]c2c1=O. The highest BCUT2D eigenvalue weighted by atomic mass is 32.2. The second-order valence-electron chi connectivity index (χ2n) is 11.0. The van der Waals surface area contributed by atoms with E-state index in [1.54, 1.807) is 35.2 Å². The molecule has 0 unspecified atom stereocenters. The highest BCUT2D eigenvalue weighted by Gasteiger charge is 2.54. The summed E-state index contributed by atoms with van der Waals surface area (Å²) in [5.74, 6) is 0.510. The number of aryl methyl sites for hydroxylation is 1. The summed E-state index contributed by atoms with van der Waals surface area (Å²) >= 11 is 0. The molecule has 0 saturated heterocycles. The largest absolute Gasteiger partial charge is 0.399 e. The predicted octanol–water partition coefficient (Wildman–Crippen LogP) is 5.72. The van der Waals surface area contributed by atoms with Crippen LogP contribution >= 0.6 is 0 Å². The number of nitrogen functional groups attached to an aromatic ring is 1. The number of nitrogens with zero attached hydrogens (tertiary/aromatic N) is 4. The van der Waals surface area contributed by atoms with Crippen LogP contribution < -0.4 is 11.3 Å². The van der Waals surface area contributed by atoms with Crippen molar-refractivity contribution >= 4 is 37.4 Å². The minimum Gasteiger partial charge on any atom is -0.399 e. The Bertz CT molecular complexity index is 2210. The van der Waals surface area contributed by atoms with Crippen molar-refractivity contribution in [2.75, 3.05) is 5.73 Å². The van der Waals surface area contributed by atoms with E-state index >= 15 is 0 Å². The fraction of sp³-hybridized carbons (Fsp3) is 0.188. The normalized spacial score (nSPS) is 15.4. The van der Waals surface area contributed by atoms with Crippen LogP contribution in [0, 0.1) is 4.78 Å². The summed E-state index contributed by atoms with van der Waals surface area (Å²) in [6.07, 6.45) is 10.6. The van der Waals surface area contributed by atoms with Crippen molar-refractivity contribution in [3.63, 3.8) is 0 Å². The van der Waals surface area contributed by atoms with Gasteiger partial charge in [0.05, 0.1) is 31.6 Å². The minimum absolute atomic E-state index is 0.0680. The number of nitrogens with two attached hydrogens (primary N) is 1. The molecule has 5 N–H and O–H groups in total. The average molecular weight is 591 g/mol. The van der Waals surface area contributed by atoms with E-state index in [-0.39, 0.29) is 11.3 Å². The molecule has 5 heterocycles. The molecular weight excluding hydrogens is 560 g/mol. The zero-order valence-electron chi connectivity index (χ0n) is 23.3. The van der Waals surface area contributed by atoms with E-state index in [1.165, 1.54) is 0 Å². The first-order chi connectivity index (χ1) is 20.8. The van der Waals surface area contributed by atoms with E-state index in [2.05, 4.69) is 21.5 Å². The van der Waals surface area contributed by atoms with E-state index in [9.17, 15) is 13.8 Å². The molecule has 0 amide bonds. The minimum atomic E-state index is -3.20. The van der Waals surface area contributed by atoms with Gasteiger partial charge in [0.15, 0.2) is 5.82 Å². The van der Waals surface area contributed by atoms with Crippen LogP contribution in [0.2, 0.25) is 0 Å². The van der Waals surface area contributed by atoms with Crippen LogP contribution in [0.25, 0.3) is 44.6 Å². The van der Waals surface area contributed by atoms with Crippen LogP contribution in [0.1, 0.15) is 30.5 Å². The zero-order chi connectivity index (χ0) is 29.8. The van der Waals surface area contributed by atoms with Crippen molar-refractivity contribution in [3.8, 4) is 22.6 Å². The van der Waals surface area contributed by atoms with Gasteiger partial charge in [-0.25, -0.2) is 19.2 Å². The fourth-order valence-corrected chi connectivity index (χ4v) is 7.95. The van der Waals surface area contributed by atoms with Gasteiger partial charge in [-0.15, -0.1) is 6.58 Å². The first-order valence-electron chi connectivity index (χ1n) is 14.0. The lowest BCUT2D eigenvalue weighted by molar-refractivity contribution is 0.658. The number of H-pyrrole nitrogens is 2. The summed E-state index contributed by atoms with van der Waals surface area (Å²) in [4.78, 5) is 33.9. The van der Waals surface area contributed by atoms with E-state index < -0.39 is 14.5 Å². The molecule has 1 saturated carbocycles. The monoisotopic (exact) mass is 590 g/mol. The van der Waals surface area contributed by atoms with Gasteiger partial charge >= 0.3 is 0 Å². The van der Waals surface area contributed by atoms with Crippen molar-refractivity contribution in [3.05, 3.63) is 108 Å². The maximum atomic E-state index is 14.3. The molecule has 1 atom stereocenters. The number of hydrogen-bond acceptors (Lipinski definition) is 7. The van der Waals surface area contributed by atoms with Gasteiger partial charge in [-0.05, 0) is 61.2 Å². The number of fused-ring (bicyclic) bond motifs is 2. The van der Waals surface area contributed by atoms with Gasteiger partial charge in [0, 0.05) is 58.9 Å². The Hall–Kier alpha value is -5.03. The van der Waals surface area contributed by atoms with Gasteiger partial charge in [0.2, 0.25) is 0 Å². The van der Waals surface area contributed by atoms with E-state index in [1.807, 2.05) is 48.8 Å². The molecule has 6 aromatic rings. The molecule has 0 bridgehead atoms. The number of hydrogen-bond donors (Lipinski definition) is 4. The molecule has 216 valence electrons. The molecule has 1 aromatic carbocycles. The number of benzene rings is 1. The Morgan fingerprint density at radius 2 is 1.88 bits per heavy atom. The van der Waals surface area contributed by atoms with Gasteiger partial charge < -0.3 is 20.3 Å². The maximum Gasteiger partial charge on any atom is 0.274 e. The highest BCUT2D eigenvalue weighted by molar-refractivity contribution is 7.92. The van der Waals surface area contributed by atoms with Crippen molar-refractivity contribution in [1.82, 2.24) is 29.5 Å². The zero-order valence-corrected chi connectivity index (χ0v) is 24.2. The maximum absolute atomic E-state index is 14.3. The molecule has 11 heteroatoms. The second-order valence-corrected chi connectivity index (χ2v) is 13.4. The van der Waals surface area contributed by atoms with Crippen LogP contribution in [0.15, 0.2) is 90.8 Å². The van der Waals surface area contributed by atoms with Crippen LogP contribution in [0.5, 0.6) is 0 Å². The standard InChI is InChI=1S/C32H30N8O2S/c1-2-3-15-40-18-25(22-7-12-35-28(22)31(40)41)26-17-27(39-30(38-26)24-9-14-37-29-23(24)8-13-36-29)32(10-11-32)43(34,42)19-20-5-4-6-21(33)16-20/h2,4-9,12-14,16-18,34-35H,1,3,10-11,15,19,33H2,(H,36,37)/t43-/m0/s1. The number of nitrogens with one attached hydrogen (secondary N) is 3. The van der Waals surface area contributed by atoms with Crippen LogP contribution in [-0.4, -0.2) is 33.7 Å². The molecule has 0 spiro atoms. The molecular formula is C32H30N8O2S. The summed E-state index contributed by atoms with van der Waals surface area (Å²) in [5.41, 5.74) is 11.0. The fourth-order valence-electron chi connectivity index (χ4n) is 5.82. The number of anilines is 1. The van der Waals surface area contributed by atoms with Crippen LogP contribution in [0.3, 0.4) is 0 Å². The molecule has 1 aliphatic rings. The second kappa shape index (κ2) is 10.1. The van der Waals surface area contributed by atoms with E-state index in [0.717, 1.165) is 27.5 Å². The third kappa shape index (κ3) is 4.52. The Labute approximate surface area is 247 Å². The number of rotatable bonds is 9. The molecule has 43 heavy (non-hydrogen) atoms. The average Bonchev–Trinajstić information content (AvgIpc) is 3.43. The lowest BCUT2D eigenvalue weighted by Crippen LogP contribution is -2.24. The molecule has 0 aliphatic heterocycles. The first-order valence-corrected chi connectivity index (χ1v) is 15.8. The Morgan fingerprint density at radius 1 is 1.07 bits per heavy atom. The number of allylic oxidation sites excluding steroid dienone is 1. The van der Waals surface area contributed by atoms with Crippen LogP contribution in [-0.2, 0) is 26.8 Å². The van der Waals surface area contributed by atoms with Crippen molar-refractivity contribution in [1.29, 1.82) is 4.78 Å². The lowest BCUT2D eigenvalue weighted by Gasteiger charge is -2.21. The summed E-state index contributed by atoms with van der Waals surface area (Å²) in [7, 11) is -3.20. The van der Waals surface area contributed by atoms with Crippen molar-refractivity contribution in [2.24, 2.45) is 0 Å². The quantitative estimate of drug-likeness (QED) is 0.124. The molecule has 0 radical (unpaired) electrons. The summed E-state index contributed by atoms with van der Waals surface area (Å²) in [6.45, 7) is 4.27. The predicted molar refractivity (Wildman–Crippen MR) is 170 cm³/mol. The van der Waals surface area contributed by atoms with Crippen LogP contribution in [0.4, 0.5) is 5.69 Å². The van der Waals surface area contributed by atoms with Gasteiger partial charge in [-0.3, -0.25) is 9.57 Å².